The van der Waals surface area contributed by atoms with Crippen molar-refractivity contribution in [2.45, 2.75) is 19.4 Å². The first kappa shape index (κ1) is 22.5. The maximum Gasteiger partial charge on any atom is 0.287 e. The molecule has 1 atom stereocenters. The summed E-state index contributed by atoms with van der Waals surface area (Å²) in [5.41, 5.74) is -1.01. The van der Waals surface area contributed by atoms with Crippen LogP contribution in [0.25, 0.3) is 0 Å². The fourth-order valence-electron chi connectivity index (χ4n) is 2.09. The lowest BCUT2D eigenvalue weighted by Gasteiger charge is -2.20. The van der Waals surface area contributed by atoms with Gasteiger partial charge in [-0.2, -0.15) is 0 Å². The van der Waals surface area contributed by atoms with Crippen LogP contribution in [-0.2, 0) is 5.60 Å². The van der Waals surface area contributed by atoms with Gasteiger partial charge in [-0.15, -0.1) is 35.3 Å². The molecule has 2 rings (SSSR count). The van der Waals surface area contributed by atoms with Gasteiger partial charge in [0.1, 0.15) is 5.60 Å². The van der Waals surface area contributed by atoms with Crippen LogP contribution in [0.5, 0.6) is 0 Å². The number of aliphatic hydroxyl groups is 1. The molecule has 144 valence electrons. The minimum atomic E-state index is -1.01. The second-order valence-electron chi connectivity index (χ2n) is 5.61. The molecule has 0 aliphatic heterocycles. The Morgan fingerprint density at radius 3 is 2.65 bits per heavy atom. The number of nitrogens with one attached hydrogen (secondary N) is 3. The van der Waals surface area contributed by atoms with Gasteiger partial charge >= 0.3 is 0 Å². The Labute approximate surface area is 174 Å². The topological polar surface area (TPSA) is 98.9 Å². The van der Waals surface area contributed by atoms with Gasteiger partial charge in [0.15, 0.2) is 11.7 Å². The van der Waals surface area contributed by atoms with Crippen molar-refractivity contribution in [3.8, 4) is 0 Å². The highest BCUT2D eigenvalue weighted by molar-refractivity contribution is 14.0. The molecule has 2 heterocycles. The molecule has 0 bridgehead atoms. The minimum Gasteiger partial charge on any atom is -0.459 e. The summed E-state index contributed by atoms with van der Waals surface area (Å²) in [4.78, 5) is 17.1. The highest BCUT2D eigenvalue weighted by Crippen LogP contribution is 2.25. The average molecular weight is 492 g/mol. The summed E-state index contributed by atoms with van der Waals surface area (Å²) in [7, 11) is 0. The van der Waals surface area contributed by atoms with E-state index in [4.69, 9.17) is 4.42 Å². The van der Waals surface area contributed by atoms with Crippen molar-refractivity contribution in [2.75, 3.05) is 26.2 Å². The van der Waals surface area contributed by atoms with E-state index in [2.05, 4.69) is 20.9 Å². The molecule has 4 N–H and O–H groups in total. The first-order valence-corrected chi connectivity index (χ1v) is 9.01. The quantitative estimate of drug-likeness (QED) is 0.196. The van der Waals surface area contributed by atoms with Crippen LogP contribution in [-0.4, -0.2) is 43.2 Å². The normalized spacial score (nSPS) is 13.4. The predicted molar refractivity (Wildman–Crippen MR) is 114 cm³/mol. The van der Waals surface area contributed by atoms with E-state index in [1.54, 1.807) is 19.1 Å². The SMILES string of the molecule is CCNC(=NCC(C)(O)c1cccs1)NCCNC(=O)c1ccco1.I. The number of halogens is 1. The van der Waals surface area contributed by atoms with E-state index in [1.807, 2.05) is 24.4 Å². The van der Waals surface area contributed by atoms with Crippen molar-refractivity contribution in [3.05, 3.63) is 46.5 Å². The summed E-state index contributed by atoms with van der Waals surface area (Å²) >= 11 is 1.50. The van der Waals surface area contributed by atoms with Gasteiger partial charge in [-0.3, -0.25) is 4.79 Å². The third-order valence-electron chi connectivity index (χ3n) is 3.39. The monoisotopic (exact) mass is 492 g/mol. The Morgan fingerprint density at radius 2 is 2.04 bits per heavy atom. The molecule has 0 saturated carbocycles. The molecule has 2 aromatic heterocycles. The van der Waals surface area contributed by atoms with Gasteiger partial charge in [-0.25, -0.2) is 4.99 Å². The zero-order valence-corrected chi connectivity index (χ0v) is 18.0. The molecule has 1 unspecified atom stereocenters. The van der Waals surface area contributed by atoms with Crippen LogP contribution in [0.1, 0.15) is 29.3 Å². The van der Waals surface area contributed by atoms with Gasteiger partial charge in [0.05, 0.1) is 12.8 Å². The number of rotatable bonds is 8. The third-order valence-corrected chi connectivity index (χ3v) is 4.51. The zero-order valence-electron chi connectivity index (χ0n) is 14.8. The van der Waals surface area contributed by atoms with Gasteiger partial charge in [0.25, 0.3) is 5.91 Å². The number of thiophene rings is 1. The van der Waals surface area contributed by atoms with Crippen molar-refractivity contribution >= 4 is 47.2 Å². The van der Waals surface area contributed by atoms with Crippen LogP contribution >= 0.6 is 35.3 Å². The summed E-state index contributed by atoms with van der Waals surface area (Å²) < 4.78 is 5.03. The number of nitrogens with zero attached hydrogens (tertiary/aromatic N) is 1. The minimum absolute atomic E-state index is 0. The van der Waals surface area contributed by atoms with E-state index < -0.39 is 5.60 Å². The van der Waals surface area contributed by atoms with E-state index >= 15 is 0 Å². The summed E-state index contributed by atoms with van der Waals surface area (Å²) in [5, 5.41) is 21.4. The number of aliphatic imine (C=N–C) groups is 1. The summed E-state index contributed by atoms with van der Waals surface area (Å²) in [6, 6.07) is 7.08. The molecule has 1 amide bonds. The Bertz CT molecular complexity index is 672. The lowest BCUT2D eigenvalue weighted by Crippen LogP contribution is -2.42. The van der Waals surface area contributed by atoms with E-state index in [0.717, 1.165) is 4.88 Å². The average Bonchev–Trinajstić information content (AvgIpc) is 3.29. The van der Waals surface area contributed by atoms with Gasteiger partial charge in [-0.1, -0.05) is 6.07 Å². The van der Waals surface area contributed by atoms with Crippen LogP contribution < -0.4 is 16.0 Å². The number of hydrogen-bond donors (Lipinski definition) is 4. The standard InChI is InChI=1S/C17H24N4O3S.HI/c1-3-18-16(21-12-17(2,23)14-7-5-11-25-14)20-9-8-19-15(22)13-6-4-10-24-13;/h4-7,10-11,23H,3,8-9,12H2,1-2H3,(H,19,22)(H2,18,20,21);1H. The lowest BCUT2D eigenvalue weighted by molar-refractivity contribution is 0.0711. The van der Waals surface area contributed by atoms with Crippen LogP contribution in [0.3, 0.4) is 0 Å². The molecule has 2 aromatic rings. The molecule has 0 radical (unpaired) electrons. The number of carbonyl (C=O) groups is 1. The van der Waals surface area contributed by atoms with Crippen molar-refractivity contribution in [3.63, 3.8) is 0 Å². The highest BCUT2D eigenvalue weighted by Gasteiger charge is 2.23. The molecule has 7 nitrogen and oxygen atoms in total. The van der Waals surface area contributed by atoms with E-state index in [0.29, 0.717) is 25.6 Å². The molecular formula is C17H25IN4O3S. The maximum absolute atomic E-state index is 11.8. The van der Waals surface area contributed by atoms with Gasteiger partial charge in [-0.05, 0) is 37.4 Å². The van der Waals surface area contributed by atoms with Crippen LogP contribution in [0.4, 0.5) is 0 Å². The predicted octanol–water partition coefficient (Wildman–Crippen LogP) is 2.15. The fourth-order valence-corrected chi connectivity index (χ4v) is 2.87. The van der Waals surface area contributed by atoms with Gasteiger partial charge in [0, 0.05) is 24.5 Å². The Morgan fingerprint density at radius 1 is 1.27 bits per heavy atom. The first-order valence-electron chi connectivity index (χ1n) is 8.13. The molecular weight excluding hydrogens is 467 g/mol. The zero-order chi connectivity index (χ0) is 18.1. The summed E-state index contributed by atoms with van der Waals surface area (Å²) in [6.45, 7) is 5.57. The Balaban J connectivity index is 0.00000338. The van der Waals surface area contributed by atoms with E-state index in [1.165, 1.54) is 17.6 Å². The van der Waals surface area contributed by atoms with Gasteiger partial charge < -0.3 is 25.5 Å². The first-order chi connectivity index (χ1) is 12.0. The molecule has 9 heteroatoms. The molecule has 0 aliphatic carbocycles. The number of furan rings is 1. The second kappa shape index (κ2) is 11.2. The molecule has 0 fully saturated rings. The highest BCUT2D eigenvalue weighted by atomic mass is 127. The molecule has 0 saturated heterocycles. The molecule has 26 heavy (non-hydrogen) atoms. The number of amides is 1. The molecule has 0 aromatic carbocycles. The van der Waals surface area contributed by atoms with Crippen molar-refractivity contribution in [2.24, 2.45) is 4.99 Å². The molecule has 0 aliphatic rings. The van der Waals surface area contributed by atoms with Gasteiger partial charge in [0.2, 0.25) is 0 Å². The lowest BCUT2D eigenvalue weighted by atomic mass is 10.1. The summed E-state index contributed by atoms with van der Waals surface area (Å²) in [6.07, 6.45) is 1.46. The van der Waals surface area contributed by atoms with E-state index in [-0.39, 0.29) is 42.2 Å². The fraction of sp³-hybridized carbons (Fsp3) is 0.412. The Hall–Kier alpha value is -1.59. The number of carbonyl (C=O) groups excluding carboxylic acids is 1. The largest absolute Gasteiger partial charge is 0.459 e. The number of hydrogen-bond acceptors (Lipinski definition) is 5. The smallest absolute Gasteiger partial charge is 0.287 e. The van der Waals surface area contributed by atoms with Crippen LogP contribution in [0.15, 0.2) is 45.3 Å². The van der Waals surface area contributed by atoms with Crippen molar-refractivity contribution < 1.29 is 14.3 Å². The number of guanidine groups is 1. The second-order valence-corrected chi connectivity index (χ2v) is 6.55. The van der Waals surface area contributed by atoms with Crippen molar-refractivity contribution in [1.82, 2.24) is 16.0 Å². The Kier molecular flexibility index (Phi) is 9.66. The maximum atomic E-state index is 11.8. The molecule has 0 spiro atoms. The summed E-state index contributed by atoms with van der Waals surface area (Å²) in [5.74, 6) is 0.619. The van der Waals surface area contributed by atoms with Crippen molar-refractivity contribution in [1.29, 1.82) is 0 Å². The van der Waals surface area contributed by atoms with Crippen LogP contribution in [0, 0.1) is 0 Å². The van der Waals surface area contributed by atoms with E-state index in [9.17, 15) is 9.90 Å². The third kappa shape index (κ3) is 6.96. The van der Waals surface area contributed by atoms with Crippen LogP contribution in [0.2, 0.25) is 0 Å².